The van der Waals surface area contributed by atoms with Gasteiger partial charge in [-0.15, -0.1) is 0 Å². The SMILES string of the molecule is COc1cccc2c3cnn(Cc4cccc(NC(=O)OC(C)(C)C)c4)c(=O)c3n(C)c12. The highest BCUT2D eigenvalue weighted by atomic mass is 16.6. The Morgan fingerprint density at radius 3 is 2.56 bits per heavy atom. The van der Waals surface area contributed by atoms with Crippen LogP contribution in [-0.4, -0.2) is 33.2 Å². The highest BCUT2D eigenvalue weighted by molar-refractivity contribution is 6.09. The Morgan fingerprint density at radius 1 is 1.09 bits per heavy atom. The summed E-state index contributed by atoms with van der Waals surface area (Å²) in [6, 6.07) is 13.0. The summed E-state index contributed by atoms with van der Waals surface area (Å²) < 4.78 is 14.0. The van der Waals surface area contributed by atoms with E-state index in [9.17, 15) is 9.59 Å². The van der Waals surface area contributed by atoms with Crippen molar-refractivity contribution in [2.24, 2.45) is 7.05 Å². The van der Waals surface area contributed by atoms with E-state index >= 15 is 0 Å². The molecule has 0 saturated carbocycles. The predicted octanol–water partition coefficient (Wildman–Crippen LogP) is 4.29. The summed E-state index contributed by atoms with van der Waals surface area (Å²) in [5, 5.41) is 8.82. The zero-order valence-corrected chi connectivity index (χ0v) is 18.8. The van der Waals surface area contributed by atoms with Gasteiger partial charge < -0.3 is 14.0 Å². The molecule has 0 radical (unpaired) electrons. The summed E-state index contributed by atoms with van der Waals surface area (Å²) >= 11 is 0. The molecule has 0 unspecified atom stereocenters. The molecule has 0 saturated heterocycles. The van der Waals surface area contributed by atoms with Crippen molar-refractivity contribution in [3.05, 3.63) is 64.6 Å². The lowest BCUT2D eigenvalue weighted by Gasteiger charge is -2.19. The fraction of sp³-hybridized carbons (Fsp3) is 0.292. The van der Waals surface area contributed by atoms with Crippen LogP contribution in [0.5, 0.6) is 5.75 Å². The van der Waals surface area contributed by atoms with Gasteiger partial charge in [0.05, 0.1) is 25.4 Å². The van der Waals surface area contributed by atoms with E-state index in [2.05, 4.69) is 10.4 Å². The van der Waals surface area contributed by atoms with Crippen LogP contribution in [0, 0.1) is 0 Å². The number of fused-ring (bicyclic) bond motifs is 3. The number of anilines is 1. The van der Waals surface area contributed by atoms with E-state index < -0.39 is 11.7 Å². The van der Waals surface area contributed by atoms with Gasteiger partial charge in [0.1, 0.15) is 16.9 Å². The molecular formula is C24H26N4O4. The topological polar surface area (TPSA) is 87.4 Å². The van der Waals surface area contributed by atoms with E-state index in [0.717, 1.165) is 21.9 Å². The second-order valence-electron chi connectivity index (χ2n) is 8.61. The van der Waals surface area contributed by atoms with Crippen molar-refractivity contribution >= 4 is 33.6 Å². The fourth-order valence-electron chi connectivity index (χ4n) is 3.82. The summed E-state index contributed by atoms with van der Waals surface area (Å²) in [7, 11) is 3.46. The number of carbonyl (C=O) groups is 1. The molecule has 4 rings (SSSR count). The molecule has 0 aliphatic rings. The van der Waals surface area contributed by atoms with E-state index in [0.29, 0.717) is 17.0 Å². The van der Waals surface area contributed by atoms with Crippen LogP contribution in [0.25, 0.3) is 21.8 Å². The third-order valence-corrected chi connectivity index (χ3v) is 5.10. The Hall–Kier alpha value is -3.81. The Bertz CT molecular complexity index is 1380. The molecule has 0 spiro atoms. The van der Waals surface area contributed by atoms with Crippen molar-refractivity contribution in [2.75, 3.05) is 12.4 Å². The maximum atomic E-state index is 13.3. The number of carbonyl (C=O) groups excluding carboxylic acids is 1. The van der Waals surface area contributed by atoms with Crippen LogP contribution < -0.4 is 15.6 Å². The monoisotopic (exact) mass is 434 g/mol. The number of aromatic nitrogens is 3. The molecule has 4 aromatic rings. The van der Waals surface area contributed by atoms with Crippen LogP contribution in [-0.2, 0) is 18.3 Å². The number of aryl methyl sites for hydroxylation is 1. The molecule has 32 heavy (non-hydrogen) atoms. The Labute approximate surface area is 185 Å². The van der Waals surface area contributed by atoms with Gasteiger partial charge in [-0.1, -0.05) is 24.3 Å². The molecule has 0 bridgehead atoms. The Balaban J connectivity index is 1.68. The molecule has 0 aliphatic carbocycles. The van der Waals surface area contributed by atoms with Crippen molar-refractivity contribution in [3.63, 3.8) is 0 Å². The van der Waals surface area contributed by atoms with E-state index in [1.165, 1.54) is 4.68 Å². The van der Waals surface area contributed by atoms with Gasteiger partial charge in [0, 0.05) is 23.5 Å². The van der Waals surface area contributed by atoms with Crippen LogP contribution in [0.2, 0.25) is 0 Å². The van der Waals surface area contributed by atoms with Crippen LogP contribution in [0.15, 0.2) is 53.5 Å². The lowest BCUT2D eigenvalue weighted by atomic mass is 10.2. The number of ether oxygens (including phenoxy) is 2. The maximum Gasteiger partial charge on any atom is 0.412 e. The zero-order chi connectivity index (χ0) is 23.0. The minimum absolute atomic E-state index is 0.200. The Morgan fingerprint density at radius 2 is 1.84 bits per heavy atom. The molecule has 0 fully saturated rings. The van der Waals surface area contributed by atoms with Crippen LogP contribution >= 0.6 is 0 Å². The first-order valence-electron chi connectivity index (χ1n) is 10.3. The number of para-hydroxylation sites is 1. The van der Waals surface area contributed by atoms with Crippen LogP contribution in [0.1, 0.15) is 26.3 Å². The van der Waals surface area contributed by atoms with Gasteiger partial charge >= 0.3 is 6.09 Å². The summed E-state index contributed by atoms with van der Waals surface area (Å²) in [4.78, 5) is 25.4. The molecule has 1 N–H and O–H groups in total. The summed E-state index contributed by atoms with van der Waals surface area (Å²) in [6.07, 6.45) is 1.18. The quantitative estimate of drug-likeness (QED) is 0.518. The molecule has 8 heteroatoms. The number of rotatable bonds is 4. The third kappa shape index (κ3) is 4.03. The van der Waals surface area contributed by atoms with Crippen molar-refractivity contribution < 1.29 is 14.3 Å². The molecule has 2 aromatic carbocycles. The largest absolute Gasteiger partial charge is 0.495 e. The minimum Gasteiger partial charge on any atom is -0.495 e. The first-order chi connectivity index (χ1) is 15.2. The minimum atomic E-state index is -0.588. The van der Waals surface area contributed by atoms with Gasteiger partial charge in [0.25, 0.3) is 5.56 Å². The van der Waals surface area contributed by atoms with Crippen LogP contribution in [0.4, 0.5) is 10.5 Å². The molecule has 2 aromatic heterocycles. The van der Waals surface area contributed by atoms with E-state index in [4.69, 9.17) is 9.47 Å². The van der Waals surface area contributed by atoms with Gasteiger partial charge in [-0.3, -0.25) is 10.1 Å². The van der Waals surface area contributed by atoms with E-state index in [1.807, 2.05) is 41.9 Å². The lowest BCUT2D eigenvalue weighted by Crippen LogP contribution is -2.27. The van der Waals surface area contributed by atoms with Crippen molar-refractivity contribution in [2.45, 2.75) is 32.9 Å². The highest BCUT2D eigenvalue weighted by Gasteiger charge is 2.18. The zero-order valence-electron chi connectivity index (χ0n) is 18.8. The number of nitrogens with zero attached hydrogens (tertiary/aromatic N) is 3. The third-order valence-electron chi connectivity index (χ3n) is 5.10. The van der Waals surface area contributed by atoms with Gasteiger partial charge in [-0.25, -0.2) is 9.48 Å². The normalized spacial score (nSPS) is 11.7. The molecule has 8 nitrogen and oxygen atoms in total. The fourth-order valence-corrected chi connectivity index (χ4v) is 3.82. The number of benzene rings is 2. The van der Waals surface area contributed by atoms with Gasteiger partial charge in [0.15, 0.2) is 0 Å². The second-order valence-corrected chi connectivity index (χ2v) is 8.61. The van der Waals surface area contributed by atoms with Gasteiger partial charge in [-0.05, 0) is 44.5 Å². The van der Waals surface area contributed by atoms with Crippen molar-refractivity contribution in [1.29, 1.82) is 0 Å². The number of methoxy groups -OCH3 is 1. The predicted molar refractivity (Wildman–Crippen MR) is 124 cm³/mol. The summed E-state index contributed by atoms with van der Waals surface area (Å²) in [5.41, 5.74) is 2.03. The van der Waals surface area contributed by atoms with Gasteiger partial charge in [0.2, 0.25) is 0 Å². The standard InChI is InChI=1S/C24H26N4O4/c1-24(2,3)32-23(30)26-16-9-6-8-15(12-16)14-28-22(29)21-18(13-25-28)17-10-7-11-19(31-5)20(17)27(21)4/h6-13H,14H2,1-5H3,(H,26,30). The average Bonchev–Trinajstić information content (AvgIpc) is 3.02. The smallest absolute Gasteiger partial charge is 0.412 e. The second kappa shape index (κ2) is 8.03. The lowest BCUT2D eigenvalue weighted by molar-refractivity contribution is 0.0636. The van der Waals surface area contributed by atoms with Crippen molar-refractivity contribution in [3.8, 4) is 5.75 Å². The number of amides is 1. The number of hydrogen-bond acceptors (Lipinski definition) is 5. The van der Waals surface area contributed by atoms with E-state index in [1.54, 1.807) is 46.2 Å². The summed E-state index contributed by atoms with van der Waals surface area (Å²) in [6.45, 7) is 5.68. The van der Waals surface area contributed by atoms with Crippen LogP contribution in [0.3, 0.4) is 0 Å². The van der Waals surface area contributed by atoms with E-state index in [-0.39, 0.29) is 12.1 Å². The summed E-state index contributed by atoms with van der Waals surface area (Å²) in [5.74, 6) is 0.702. The molecule has 0 atom stereocenters. The molecule has 2 heterocycles. The first kappa shape index (κ1) is 21.4. The molecule has 1 amide bonds. The molecular weight excluding hydrogens is 408 g/mol. The molecule has 0 aliphatic heterocycles. The number of hydrogen-bond donors (Lipinski definition) is 1. The Kier molecular flexibility index (Phi) is 5.38. The maximum absolute atomic E-state index is 13.3. The first-order valence-corrected chi connectivity index (χ1v) is 10.3. The number of nitrogens with one attached hydrogen (secondary N) is 1. The van der Waals surface area contributed by atoms with Crippen molar-refractivity contribution in [1.82, 2.24) is 14.3 Å². The molecule has 166 valence electrons. The van der Waals surface area contributed by atoms with Gasteiger partial charge in [-0.2, -0.15) is 5.10 Å². The average molecular weight is 434 g/mol. The highest BCUT2D eigenvalue weighted by Crippen LogP contribution is 2.32.